The minimum atomic E-state index is -0.473. The molecule has 5 rings (SSSR count). The minimum Gasteiger partial charge on any atom is -0.453 e. The van der Waals surface area contributed by atoms with Crippen LogP contribution in [0.5, 0.6) is 0 Å². The second-order valence-corrected chi connectivity index (χ2v) is 9.52. The number of hydrogen-bond donors (Lipinski definition) is 2. The number of anilines is 2. The van der Waals surface area contributed by atoms with Gasteiger partial charge in [-0.15, -0.1) is 11.3 Å². The highest BCUT2D eigenvalue weighted by molar-refractivity contribution is 7.19. The van der Waals surface area contributed by atoms with Gasteiger partial charge in [-0.1, -0.05) is 12.1 Å². The lowest BCUT2D eigenvalue weighted by molar-refractivity contribution is 0.0331. The van der Waals surface area contributed by atoms with Crippen molar-refractivity contribution >= 4 is 39.2 Å². The summed E-state index contributed by atoms with van der Waals surface area (Å²) in [5, 5.41) is 7.47. The summed E-state index contributed by atoms with van der Waals surface area (Å²) in [6.45, 7) is 4.74. The number of benzene rings is 1. The average Bonchev–Trinajstić information content (AvgIpc) is 3.22. The van der Waals surface area contributed by atoms with Crippen LogP contribution in [-0.4, -0.2) is 54.4 Å². The number of amides is 1. The molecular formula is C24H29N5O3S. The van der Waals surface area contributed by atoms with E-state index in [1.165, 1.54) is 35.8 Å². The Morgan fingerprint density at radius 1 is 1.15 bits per heavy atom. The summed E-state index contributed by atoms with van der Waals surface area (Å²) in [6.07, 6.45) is 4.25. The Morgan fingerprint density at radius 2 is 1.94 bits per heavy atom. The van der Waals surface area contributed by atoms with E-state index in [0.29, 0.717) is 12.2 Å². The predicted octanol–water partition coefficient (Wildman–Crippen LogP) is 4.19. The zero-order chi connectivity index (χ0) is 22.6. The van der Waals surface area contributed by atoms with Crippen molar-refractivity contribution in [1.82, 2.24) is 14.9 Å². The van der Waals surface area contributed by atoms with Gasteiger partial charge in [-0.25, -0.2) is 14.8 Å². The number of aryl methyl sites for hydroxylation is 2. The lowest BCUT2D eigenvalue weighted by atomic mass is 9.97. The maximum atomic E-state index is 11.4. The van der Waals surface area contributed by atoms with Crippen LogP contribution in [0.15, 0.2) is 24.3 Å². The van der Waals surface area contributed by atoms with E-state index >= 15 is 0 Å². The quantitative estimate of drug-likeness (QED) is 0.562. The first-order valence-corrected chi connectivity index (χ1v) is 12.3. The van der Waals surface area contributed by atoms with Crippen LogP contribution in [0.25, 0.3) is 10.2 Å². The van der Waals surface area contributed by atoms with Crippen molar-refractivity contribution in [2.45, 2.75) is 38.8 Å². The molecule has 0 atom stereocenters. The normalized spacial score (nSPS) is 16.4. The molecule has 8 nitrogen and oxygen atoms in total. The molecule has 2 N–H and O–H groups in total. The fourth-order valence-electron chi connectivity index (χ4n) is 4.42. The van der Waals surface area contributed by atoms with Crippen LogP contribution in [0.3, 0.4) is 0 Å². The van der Waals surface area contributed by atoms with Crippen molar-refractivity contribution in [3.63, 3.8) is 0 Å². The van der Waals surface area contributed by atoms with E-state index in [-0.39, 0.29) is 0 Å². The number of thiophene rings is 1. The topological polar surface area (TPSA) is 88.6 Å². The van der Waals surface area contributed by atoms with Gasteiger partial charge in [0.15, 0.2) is 0 Å². The Morgan fingerprint density at radius 3 is 2.73 bits per heavy atom. The number of ether oxygens (including phenoxy) is 2. The van der Waals surface area contributed by atoms with Crippen molar-refractivity contribution in [3.8, 4) is 0 Å². The highest BCUT2D eigenvalue weighted by Gasteiger charge is 2.22. The molecule has 2 aromatic heterocycles. The van der Waals surface area contributed by atoms with Gasteiger partial charge >= 0.3 is 6.09 Å². The van der Waals surface area contributed by atoms with Gasteiger partial charge < -0.3 is 14.8 Å². The Balaban J connectivity index is 1.39. The summed E-state index contributed by atoms with van der Waals surface area (Å²) < 4.78 is 10.1. The summed E-state index contributed by atoms with van der Waals surface area (Å²) >= 11 is 1.84. The monoisotopic (exact) mass is 467 g/mol. The largest absolute Gasteiger partial charge is 0.453 e. The molecule has 0 bridgehead atoms. The molecule has 1 aliphatic heterocycles. The van der Waals surface area contributed by atoms with Crippen molar-refractivity contribution < 1.29 is 14.3 Å². The fourth-order valence-corrected chi connectivity index (χ4v) is 5.70. The van der Waals surface area contributed by atoms with E-state index in [4.69, 9.17) is 14.7 Å². The highest BCUT2D eigenvalue weighted by atomic mass is 32.1. The summed E-state index contributed by atoms with van der Waals surface area (Å²) in [5.41, 5.74) is 3.24. The fraction of sp³-hybridized carbons (Fsp3) is 0.458. The number of nitrogens with one attached hydrogen (secondary N) is 2. The summed E-state index contributed by atoms with van der Waals surface area (Å²) in [5.74, 6) is 1.79. The van der Waals surface area contributed by atoms with Crippen LogP contribution in [0.2, 0.25) is 0 Å². The number of methoxy groups -OCH3 is 1. The number of carbonyl (C=O) groups excluding carboxylic acids is 1. The molecule has 3 aromatic rings. The molecule has 33 heavy (non-hydrogen) atoms. The van der Waals surface area contributed by atoms with E-state index < -0.39 is 6.09 Å². The summed E-state index contributed by atoms with van der Waals surface area (Å²) in [4.78, 5) is 26.3. The van der Waals surface area contributed by atoms with Crippen molar-refractivity contribution in [1.29, 1.82) is 0 Å². The molecule has 1 amide bonds. The van der Waals surface area contributed by atoms with E-state index in [0.717, 1.165) is 67.7 Å². The van der Waals surface area contributed by atoms with Gasteiger partial charge in [0.2, 0.25) is 0 Å². The van der Waals surface area contributed by atoms with Gasteiger partial charge in [0.1, 0.15) is 16.5 Å². The number of hydrogen-bond acceptors (Lipinski definition) is 8. The van der Waals surface area contributed by atoms with Gasteiger partial charge in [-0.2, -0.15) is 0 Å². The lowest BCUT2D eigenvalue weighted by Crippen LogP contribution is -2.36. The molecule has 9 heteroatoms. The Bertz CT molecular complexity index is 1130. The maximum absolute atomic E-state index is 11.4. The molecule has 1 fully saturated rings. The summed E-state index contributed by atoms with van der Waals surface area (Å²) in [6, 6.07) is 7.74. The van der Waals surface area contributed by atoms with E-state index in [2.05, 4.69) is 20.3 Å². The van der Waals surface area contributed by atoms with Crippen LogP contribution >= 0.6 is 11.3 Å². The van der Waals surface area contributed by atoms with Crippen LogP contribution in [0.4, 0.5) is 16.3 Å². The van der Waals surface area contributed by atoms with Gasteiger partial charge in [-0.05, 0) is 48.9 Å². The Hall–Kier alpha value is -2.75. The van der Waals surface area contributed by atoms with Crippen LogP contribution in [0.1, 0.15) is 34.7 Å². The van der Waals surface area contributed by atoms with Gasteiger partial charge in [-0.3, -0.25) is 10.2 Å². The summed E-state index contributed by atoms with van der Waals surface area (Å²) in [7, 11) is 1.35. The van der Waals surface area contributed by atoms with Crippen molar-refractivity contribution in [2.24, 2.45) is 0 Å². The van der Waals surface area contributed by atoms with Gasteiger partial charge in [0.05, 0.1) is 32.3 Å². The zero-order valence-electron chi connectivity index (χ0n) is 18.9. The van der Waals surface area contributed by atoms with Gasteiger partial charge in [0, 0.05) is 30.2 Å². The highest BCUT2D eigenvalue weighted by Crippen LogP contribution is 2.38. The smallest absolute Gasteiger partial charge is 0.411 e. The molecule has 0 radical (unpaired) electrons. The number of aromatic nitrogens is 2. The molecule has 2 aliphatic rings. The number of fused-ring (bicyclic) bond motifs is 3. The van der Waals surface area contributed by atoms with Crippen molar-refractivity contribution in [2.75, 3.05) is 44.0 Å². The number of morpholine rings is 1. The molecule has 0 spiro atoms. The van der Waals surface area contributed by atoms with Crippen LogP contribution < -0.4 is 10.6 Å². The Labute approximate surface area is 197 Å². The molecule has 1 aliphatic carbocycles. The second kappa shape index (κ2) is 10.0. The maximum Gasteiger partial charge on any atom is 0.411 e. The third-order valence-corrected chi connectivity index (χ3v) is 7.36. The standard InChI is InChI=1S/C24H29N5O3S/c1-31-24(30)26-17-8-6-16(7-9-17)14-25-22-21-18-4-2-3-5-19(18)33-23(21)28-20(27-22)15-29-10-12-32-13-11-29/h6-9H,2-5,10-15H2,1H3,(H,26,30)(H,25,27,28). The second-order valence-electron chi connectivity index (χ2n) is 8.44. The minimum absolute atomic E-state index is 0.473. The molecule has 3 heterocycles. The molecule has 0 saturated carbocycles. The van der Waals surface area contributed by atoms with Crippen molar-refractivity contribution in [3.05, 3.63) is 46.1 Å². The third-order valence-electron chi connectivity index (χ3n) is 6.18. The lowest BCUT2D eigenvalue weighted by Gasteiger charge is -2.25. The zero-order valence-corrected chi connectivity index (χ0v) is 19.7. The number of rotatable bonds is 6. The molecule has 1 aromatic carbocycles. The predicted molar refractivity (Wildman–Crippen MR) is 130 cm³/mol. The Kier molecular flexibility index (Phi) is 6.70. The molecule has 0 unspecified atom stereocenters. The van der Waals surface area contributed by atoms with E-state index in [1.807, 2.05) is 35.6 Å². The molecule has 1 saturated heterocycles. The van der Waals surface area contributed by atoms with E-state index in [1.54, 1.807) is 0 Å². The average molecular weight is 468 g/mol. The van der Waals surface area contributed by atoms with Crippen LogP contribution in [-0.2, 0) is 35.4 Å². The van der Waals surface area contributed by atoms with Crippen LogP contribution in [0, 0.1) is 0 Å². The third kappa shape index (κ3) is 5.10. The first-order chi connectivity index (χ1) is 16.2. The molecular weight excluding hydrogens is 438 g/mol. The number of carbonyl (C=O) groups is 1. The SMILES string of the molecule is COC(=O)Nc1ccc(CNc2nc(CN3CCOCC3)nc3sc4c(c23)CCCC4)cc1. The first kappa shape index (κ1) is 22.1. The molecule has 174 valence electrons. The number of nitrogens with zero attached hydrogens (tertiary/aromatic N) is 3. The van der Waals surface area contributed by atoms with Gasteiger partial charge in [0.25, 0.3) is 0 Å². The van der Waals surface area contributed by atoms with E-state index in [9.17, 15) is 4.79 Å². The first-order valence-electron chi connectivity index (χ1n) is 11.5.